The third-order valence-electron chi connectivity index (χ3n) is 3.70. The van der Waals surface area contributed by atoms with E-state index in [4.69, 9.17) is 10.5 Å². The molecule has 120 valence electrons. The zero-order valence-electron chi connectivity index (χ0n) is 14.0. The van der Waals surface area contributed by atoms with Crippen molar-refractivity contribution in [2.75, 3.05) is 26.2 Å². The van der Waals surface area contributed by atoms with Gasteiger partial charge in [-0.15, -0.1) is 0 Å². The maximum atomic E-state index is 6.06. The number of benzene rings is 1. The van der Waals surface area contributed by atoms with Crippen molar-refractivity contribution >= 4 is 0 Å². The predicted molar refractivity (Wildman–Crippen MR) is 90.8 cm³/mol. The first-order valence-corrected chi connectivity index (χ1v) is 8.43. The Bertz CT molecular complexity index is 375. The third kappa shape index (κ3) is 6.06. The van der Waals surface area contributed by atoms with Crippen molar-refractivity contribution in [3.05, 3.63) is 29.8 Å². The van der Waals surface area contributed by atoms with Crippen molar-refractivity contribution < 1.29 is 4.74 Å². The fourth-order valence-corrected chi connectivity index (χ4v) is 2.64. The van der Waals surface area contributed by atoms with E-state index in [9.17, 15) is 0 Å². The number of ether oxygens (including phenoxy) is 1. The van der Waals surface area contributed by atoms with E-state index in [1.54, 1.807) is 0 Å². The van der Waals surface area contributed by atoms with Gasteiger partial charge in [-0.1, -0.05) is 39.3 Å². The summed E-state index contributed by atoms with van der Waals surface area (Å²) in [7, 11) is 0. The molecule has 0 amide bonds. The molecule has 0 bridgehead atoms. The Morgan fingerprint density at radius 3 is 2.38 bits per heavy atom. The first-order chi connectivity index (χ1) is 10.3. The smallest absolute Gasteiger partial charge is 0.119 e. The van der Waals surface area contributed by atoms with Crippen molar-refractivity contribution in [3.63, 3.8) is 0 Å². The number of unbranched alkanes of at least 4 members (excludes halogenated alkanes) is 1. The van der Waals surface area contributed by atoms with Gasteiger partial charge in [-0.25, -0.2) is 0 Å². The van der Waals surface area contributed by atoms with Crippen LogP contribution >= 0.6 is 0 Å². The standard InChI is InChI=1S/C18H32N2O/c1-4-7-13-21-17-10-8-9-16(14-17)18(15-19)20(11-5-2)12-6-3/h8-10,14,18H,4-7,11-13,15,19H2,1-3H3. The molecule has 3 nitrogen and oxygen atoms in total. The molecule has 1 aromatic rings. The number of hydrogen-bond donors (Lipinski definition) is 1. The lowest BCUT2D eigenvalue weighted by molar-refractivity contribution is 0.201. The summed E-state index contributed by atoms with van der Waals surface area (Å²) in [5.74, 6) is 0.965. The van der Waals surface area contributed by atoms with Crippen molar-refractivity contribution in [1.29, 1.82) is 0 Å². The lowest BCUT2D eigenvalue weighted by Crippen LogP contribution is -2.35. The van der Waals surface area contributed by atoms with Gasteiger partial charge >= 0.3 is 0 Å². The van der Waals surface area contributed by atoms with Crippen LogP contribution in [0.1, 0.15) is 58.1 Å². The minimum atomic E-state index is 0.291. The molecular formula is C18H32N2O. The molecule has 0 heterocycles. The Morgan fingerprint density at radius 2 is 1.81 bits per heavy atom. The fraction of sp³-hybridized carbons (Fsp3) is 0.667. The SMILES string of the molecule is CCCCOc1cccc(C(CN)N(CCC)CCC)c1. The maximum Gasteiger partial charge on any atom is 0.119 e. The van der Waals surface area contributed by atoms with Crippen LogP contribution in [0.2, 0.25) is 0 Å². The van der Waals surface area contributed by atoms with Crippen LogP contribution in [0.3, 0.4) is 0 Å². The molecule has 0 aliphatic rings. The Balaban J connectivity index is 2.80. The van der Waals surface area contributed by atoms with Crippen LogP contribution in [0.25, 0.3) is 0 Å². The highest BCUT2D eigenvalue weighted by Gasteiger charge is 2.18. The van der Waals surface area contributed by atoms with Gasteiger partial charge in [0.2, 0.25) is 0 Å². The Labute approximate surface area is 130 Å². The molecule has 0 aliphatic heterocycles. The third-order valence-corrected chi connectivity index (χ3v) is 3.70. The second kappa shape index (κ2) is 10.6. The second-order valence-corrected chi connectivity index (χ2v) is 5.56. The highest BCUT2D eigenvalue weighted by Crippen LogP contribution is 2.24. The quantitative estimate of drug-likeness (QED) is 0.627. The van der Waals surface area contributed by atoms with Crippen molar-refractivity contribution in [2.45, 2.75) is 52.5 Å². The molecule has 2 N–H and O–H groups in total. The molecular weight excluding hydrogens is 260 g/mol. The summed E-state index contributed by atoms with van der Waals surface area (Å²) in [6, 6.07) is 8.74. The van der Waals surface area contributed by atoms with E-state index in [0.29, 0.717) is 12.6 Å². The second-order valence-electron chi connectivity index (χ2n) is 5.56. The zero-order chi connectivity index (χ0) is 15.5. The van der Waals surface area contributed by atoms with Gasteiger partial charge in [-0.05, 0) is 50.0 Å². The topological polar surface area (TPSA) is 38.5 Å². The van der Waals surface area contributed by atoms with Crippen LogP contribution in [0.5, 0.6) is 5.75 Å². The van der Waals surface area contributed by atoms with E-state index in [0.717, 1.165) is 51.1 Å². The Morgan fingerprint density at radius 1 is 1.10 bits per heavy atom. The first kappa shape index (κ1) is 18.0. The molecule has 1 atom stereocenters. The summed E-state index contributed by atoms with van der Waals surface area (Å²) < 4.78 is 5.82. The lowest BCUT2D eigenvalue weighted by Gasteiger charge is -2.31. The van der Waals surface area contributed by atoms with Gasteiger partial charge in [-0.2, -0.15) is 0 Å². The lowest BCUT2D eigenvalue weighted by atomic mass is 10.0. The summed E-state index contributed by atoms with van der Waals surface area (Å²) in [5.41, 5.74) is 7.33. The van der Waals surface area contributed by atoms with Crippen LogP contribution in [0.4, 0.5) is 0 Å². The number of nitrogens with two attached hydrogens (primary N) is 1. The van der Waals surface area contributed by atoms with Crippen LogP contribution in [-0.4, -0.2) is 31.1 Å². The molecule has 0 aliphatic carbocycles. The van der Waals surface area contributed by atoms with E-state index in [1.165, 1.54) is 5.56 Å². The van der Waals surface area contributed by atoms with Crippen molar-refractivity contribution in [3.8, 4) is 5.75 Å². The summed E-state index contributed by atoms with van der Waals surface area (Å²) in [4.78, 5) is 2.49. The van der Waals surface area contributed by atoms with Gasteiger partial charge in [0.15, 0.2) is 0 Å². The van der Waals surface area contributed by atoms with Crippen LogP contribution < -0.4 is 10.5 Å². The summed E-state index contributed by atoms with van der Waals surface area (Å²) in [6.07, 6.45) is 4.57. The van der Waals surface area contributed by atoms with E-state index in [-0.39, 0.29) is 0 Å². The normalized spacial score (nSPS) is 12.6. The molecule has 0 aromatic heterocycles. The van der Waals surface area contributed by atoms with Crippen LogP contribution in [0, 0.1) is 0 Å². The number of hydrogen-bond acceptors (Lipinski definition) is 3. The molecule has 0 radical (unpaired) electrons. The van der Waals surface area contributed by atoms with E-state index in [2.05, 4.69) is 43.9 Å². The number of rotatable bonds is 11. The molecule has 0 fully saturated rings. The molecule has 1 rings (SSSR count). The van der Waals surface area contributed by atoms with E-state index in [1.807, 2.05) is 6.07 Å². The van der Waals surface area contributed by atoms with Gasteiger partial charge in [0.1, 0.15) is 5.75 Å². The van der Waals surface area contributed by atoms with Gasteiger partial charge < -0.3 is 10.5 Å². The van der Waals surface area contributed by atoms with Gasteiger partial charge in [-0.3, -0.25) is 4.90 Å². The monoisotopic (exact) mass is 292 g/mol. The molecule has 1 unspecified atom stereocenters. The highest BCUT2D eigenvalue weighted by atomic mass is 16.5. The van der Waals surface area contributed by atoms with Gasteiger partial charge in [0.25, 0.3) is 0 Å². The summed E-state index contributed by atoms with van der Waals surface area (Å²) >= 11 is 0. The Kier molecular flexibility index (Phi) is 9.11. The van der Waals surface area contributed by atoms with E-state index >= 15 is 0 Å². The Hall–Kier alpha value is -1.06. The largest absolute Gasteiger partial charge is 0.494 e. The average molecular weight is 292 g/mol. The minimum absolute atomic E-state index is 0.291. The minimum Gasteiger partial charge on any atom is -0.494 e. The van der Waals surface area contributed by atoms with Crippen molar-refractivity contribution in [1.82, 2.24) is 4.90 Å². The van der Waals surface area contributed by atoms with Gasteiger partial charge in [0, 0.05) is 12.6 Å². The average Bonchev–Trinajstić information content (AvgIpc) is 2.49. The highest BCUT2D eigenvalue weighted by molar-refractivity contribution is 5.31. The molecule has 0 saturated carbocycles. The number of nitrogens with zero attached hydrogens (tertiary/aromatic N) is 1. The molecule has 3 heteroatoms. The van der Waals surface area contributed by atoms with Crippen molar-refractivity contribution in [2.24, 2.45) is 5.73 Å². The molecule has 1 aromatic carbocycles. The zero-order valence-corrected chi connectivity index (χ0v) is 14.0. The van der Waals surface area contributed by atoms with Crippen LogP contribution in [0.15, 0.2) is 24.3 Å². The predicted octanol–water partition coefficient (Wildman–Crippen LogP) is 3.99. The fourth-order valence-electron chi connectivity index (χ4n) is 2.64. The van der Waals surface area contributed by atoms with E-state index < -0.39 is 0 Å². The summed E-state index contributed by atoms with van der Waals surface area (Å²) in [6.45, 7) is 10.3. The molecule has 21 heavy (non-hydrogen) atoms. The van der Waals surface area contributed by atoms with Gasteiger partial charge in [0.05, 0.1) is 6.61 Å². The molecule has 0 saturated heterocycles. The first-order valence-electron chi connectivity index (χ1n) is 8.43. The van der Waals surface area contributed by atoms with Crippen LogP contribution in [-0.2, 0) is 0 Å². The molecule has 0 spiro atoms. The maximum absolute atomic E-state index is 6.06. The summed E-state index contributed by atoms with van der Waals surface area (Å²) in [5, 5.41) is 0.